The number of sulfonamides is 1. The van der Waals surface area contributed by atoms with Gasteiger partial charge in [-0.2, -0.15) is 4.72 Å². The molecule has 1 rings (SSSR count). The van der Waals surface area contributed by atoms with Crippen molar-refractivity contribution in [3.8, 4) is 0 Å². The van der Waals surface area contributed by atoms with Gasteiger partial charge in [-0.15, -0.1) is 0 Å². The number of esters is 1. The first kappa shape index (κ1) is 19.4. The molecule has 0 spiro atoms. The Morgan fingerprint density at radius 3 is 2.48 bits per heavy atom. The summed E-state index contributed by atoms with van der Waals surface area (Å²) in [6, 6.07) is 7.97. The second-order valence-electron chi connectivity index (χ2n) is 5.22. The number of benzene rings is 1. The Morgan fingerprint density at radius 2 is 1.96 bits per heavy atom. The smallest absolute Gasteiger partial charge is 0.324 e. The predicted molar refractivity (Wildman–Crippen MR) is 92.1 cm³/mol. The highest BCUT2D eigenvalue weighted by Gasteiger charge is 2.27. The lowest BCUT2D eigenvalue weighted by molar-refractivity contribution is -0.145. The minimum Gasteiger partial charge on any atom is -0.459 e. The molecular weight excluding hydrogens is 338 g/mol. The Balaban J connectivity index is 2.80. The van der Waals surface area contributed by atoms with E-state index in [9.17, 15) is 13.2 Å². The van der Waals surface area contributed by atoms with E-state index in [4.69, 9.17) is 16.3 Å². The summed E-state index contributed by atoms with van der Waals surface area (Å²) in [4.78, 5) is 12.0. The maximum absolute atomic E-state index is 12.1. The molecule has 0 radical (unpaired) electrons. The van der Waals surface area contributed by atoms with Crippen molar-refractivity contribution in [2.24, 2.45) is 5.92 Å². The third-order valence-electron chi connectivity index (χ3n) is 2.82. The number of carbonyl (C=O) groups excluding carboxylic acids is 1. The van der Waals surface area contributed by atoms with Gasteiger partial charge in [-0.1, -0.05) is 62.4 Å². The van der Waals surface area contributed by atoms with Crippen molar-refractivity contribution in [3.63, 3.8) is 0 Å². The van der Waals surface area contributed by atoms with Gasteiger partial charge in [0.2, 0.25) is 10.0 Å². The lowest BCUT2D eigenvalue weighted by atomic mass is 10.1. The number of halogens is 1. The van der Waals surface area contributed by atoms with Crippen LogP contribution in [0.25, 0.3) is 6.08 Å². The van der Waals surface area contributed by atoms with E-state index >= 15 is 0 Å². The highest BCUT2D eigenvalue weighted by atomic mass is 35.5. The van der Waals surface area contributed by atoms with Crippen LogP contribution >= 0.6 is 11.6 Å². The Kier molecular flexibility index (Phi) is 7.48. The van der Waals surface area contributed by atoms with Crippen LogP contribution in [-0.4, -0.2) is 27.0 Å². The monoisotopic (exact) mass is 357 g/mol. The van der Waals surface area contributed by atoms with E-state index < -0.39 is 22.0 Å². The second kappa shape index (κ2) is 8.86. The van der Waals surface area contributed by atoms with Crippen LogP contribution in [0.2, 0.25) is 0 Å². The van der Waals surface area contributed by atoms with Gasteiger partial charge in [0.15, 0.2) is 0 Å². The molecule has 0 saturated heterocycles. The van der Waals surface area contributed by atoms with Crippen LogP contribution in [0.5, 0.6) is 0 Å². The minimum absolute atomic E-state index is 0.160. The van der Waals surface area contributed by atoms with E-state index in [1.165, 1.54) is 6.08 Å². The van der Waals surface area contributed by atoms with Crippen LogP contribution in [0.1, 0.15) is 19.4 Å². The molecule has 0 fully saturated rings. The number of hydrogen-bond donors (Lipinski definition) is 1. The van der Waals surface area contributed by atoms with Crippen molar-refractivity contribution in [3.05, 3.63) is 52.9 Å². The summed E-state index contributed by atoms with van der Waals surface area (Å²) in [6.07, 6.45) is 1.45. The molecule has 0 heterocycles. The number of carbonyl (C=O) groups is 1. The Hall–Kier alpha value is -1.63. The number of ether oxygens (including phenoxy) is 1. The molecule has 126 valence electrons. The molecule has 0 aliphatic carbocycles. The van der Waals surface area contributed by atoms with Crippen LogP contribution in [0, 0.1) is 5.92 Å². The number of hydrogen-bond acceptors (Lipinski definition) is 4. The maximum Gasteiger partial charge on any atom is 0.324 e. The Bertz CT molecular complexity index is 669. The second-order valence-corrected chi connectivity index (χ2v) is 7.36. The lowest BCUT2D eigenvalue weighted by Gasteiger charge is -2.19. The SMILES string of the molecule is C=C(Cl)COC(=O)C(NS(=O)(=O)C=Cc1ccccc1)C(C)C. The normalized spacial score (nSPS) is 13.2. The quantitative estimate of drug-likeness (QED) is 0.726. The zero-order chi connectivity index (χ0) is 17.5. The van der Waals surface area contributed by atoms with Crippen LogP contribution < -0.4 is 4.72 Å². The van der Waals surface area contributed by atoms with Crippen LogP contribution in [0.4, 0.5) is 0 Å². The number of rotatable bonds is 8. The fraction of sp³-hybridized carbons (Fsp3) is 0.312. The summed E-state index contributed by atoms with van der Waals surface area (Å²) in [7, 11) is -3.79. The van der Waals surface area contributed by atoms with E-state index in [1.807, 2.05) is 6.07 Å². The van der Waals surface area contributed by atoms with Crippen molar-refractivity contribution in [1.29, 1.82) is 0 Å². The van der Waals surface area contributed by atoms with Gasteiger partial charge in [-0.05, 0) is 17.6 Å². The van der Waals surface area contributed by atoms with E-state index in [0.717, 1.165) is 11.0 Å². The van der Waals surface area contributed by atoms with Crippen LogP contribution in [0.3, 0.4) is 0 Å². The van der Waals surface area contributed by atoms with Gasteiger partial charge >= 0.3 is 5.97 Å². The van der Waals surface area contributed by atoms with Gasteiger partial charge in [0, 0.05) is 10.4 Å². The highest BCUT2D eigenvalue weighted by Crippen LogP contribution is 2.09. The molecular formula is C16H20ClNO4S. The minimum atomic E-state index is -3.79. The first-order valence-corrected chi connectivity index (χ1v) is 8.89. The zero-order valence-corrected chi connectivity index (χ0v) is 14.6. The van der Waals surface area contributed by atoms with Gasteiger partial charge in [0.05, 0.1) is 0 Å². The fourth-order valence-corrected chi connectivity index (χ4v) is 2.84. The molecule has 0 aliphatic rings. The topological polar surface area (TPSA) is 72.5 Å². The average molecular weight is 358 g/mol. The molecule has 0 saturated carbocycles. The van der Waals surface area contributed by atoms with E-state index in [-0.39, 0.29) is 17.6 Å². The van der Waals surface area contributed by atoms with Crippen LogP contribution in [0.15, 0.2) is 47.4 Å². The summed E-state index contributed by atoms with van der Waals surface area (Å²) in [5, 5.41) is 1.18. The molecule has 0 bridgehead atoms. The third kappa shape index (κ3) is 7.45. The fourth-order valence-electron chi connectivity index (χ4n) is 1.64. The lowest BCUT2D eigenvalue weighted by Crippen LogP contribution is -2.44. The van der Waals surface area contributed by atoms with Crippen molar-refractivity contribution in [2.45, 2.75) is 19.9 Å². The summed E-state index contributed by atoms with van der Waals surface area (Å²) in [5.41, 5.74) is 0.736. The van der Waals surface area contributed by atoms with Gasteiger partial charge in [0.25, 0.3) is 0 Å². The van der Waals surface area contributed by atoms with Crippen LogP contribution in [-0.2, 0) is 19.6 Å². The molecule has 1 atom stereocenters. The summed E-state index contributed by atoms with van der Waals surface area (Å²) in [5.74, 6) is -0.982. The van der Waals surface area contributed by atoms with Gasteiger partial charge in [-0.3, -0.25) is 4.79 Å². The molecule has 0 amide bonds. The van der Waals surface area contributed by atoms with Gasteiger partial charge in [0.1, 0.15) is 12.6 Å². The summed E-state index contributed by atoms with van der Waals surface area (Å²) < 4.78 is 31.5. The van der Waals surface area contributed by atoms with E-state index in [2.05, 4.69) is 11.3 Å². The first-order chi connectivity index (χ1) is 10.7. The predicted octanol–water partition coefficient (Wildman–Crippen LogP) is 2.90. The molecule has 0 aliphatic heterocycles. The largest absolute Gasteiger partial charge is 0.459 e. The van der Waals surface area contributed by atoms with E-state index in [1.54, 1.807) is 38.1 Å². The number of nitrogens with one attached hydrogen (secondary N) is 1. The molecule has 7 heteroatoms. The summed E-state index contributed by atoms with van der Waals surface area (Å²) >= 11 is 5.54. The zero-order valence-electron chi connectivity index (χ0n) is 13.0. The molecule has 5 nitrogen and oxygen atoms in total. The Labute approximate surface area is 142 Å². The van der Waals surface area contributed by atoms with E-state index in [0.29, 0.717) is 0 Å². The highest BCUT2D eigenvalue weighted by molar-refractivity contribution is 7.92. The van der Waals surface area contributed by atoms with Gasteiger partial charge < -0.3 is 4.74 Å². The van der Waals surface area contributed by atoms with Crippen molar-refractivity contribution in [2.75, 3.05) is 6.61 Å². The molecule has 1 aromatic rings. The first-order valence-electron chi connectivity index (χ1n) is 6.96. The van der Waals surface area contributed by atoms with Crippen molar-refractivity contribution >= 4 is 33.7 Å². The van der Waals surface area contributed by atoms with Crippen molar-refractivity contribution in [1.82, 2.24) is 4.72 Å². The molecule has 23 heavy (non-hydrogen) atoms. The Morgan fingerprint density at radius 1 is 1.35 bits per heavy atom. The molecule has 1 aromatic carbocycles. The van der Waals surface area contributed by atoms with Crippen molar-refractivity contribution < 1.29 is 17.9 Å². The van der Waals surface area contributed by atoms with Gasteiger partial charge in [-0.25, -0.2) is 8.42 Å². The standard InChI is InChI=1S/C16H20ClNO4S/c1-12(2)15(16(19)22-11-13(3)17)18-23(20,21)10-9-14-7-5-4-6-8-14/h4-10,12,15,18H,3,11H2,1-2H3. The molecule has 1 N–H and O–H groups in total. The molecule has 1 unspecified atom stereocenters. The maximum atomic E-state index is 12.1. The average Bonchev–Trinajstić information content (AvgIpc) is 2.49. The molecule has 0 aromatic heterocycles. The summed E-state index contributed by atoms with van der Waals surface area (Å²) in [6.45, 7) is 6.67. The third-order valence-corrected chi connectivity index (χ3v) is 4.01.